The number of halogens is 1. The minimum absolute atomic E-state index is 0.254. The predicted octanol–water partition coefficient (Wildman–Crippen LogP) is 2.29. The van der Waals surface area contributed by atoms with Gasteiger partial charge in [0.1, 0.15) is 0 Å². The lowest BCUT2D eigenvalue weighted by atomic mass is 10.2. The van der Waals surface area contributed by atoms with Gasteiger partial charge in [-0.3, -0.25) is 0 Å². The molecule has 0 aliphatic heterocycles. The van der Waals surface area contributed by atoms with Crippen LogP contribution >= 0.6 is 22.6 Å². The van der Waals surface area contributed by atoms with E-state index in [0.29, 0.717) is 5.69 Å². The van der Waals surface area contributed by atoms with Gasteiger partial charge in [-0.1, -0.05) is 42.5 Å². The van der Waals surface area contributed by atoms with Crippen LogP contribution in [0.5, 0.6) is 0 Å². The summed E-state index contributed by atoms with van der Waals surface area (Å²) in [6.45, 7) is 2.22. The van der Waals surface area contributed by atoms with Crippen LogP contribution in [0.2, 0.25) is 0 Å². The van der Waals surface area contributed by atoms with Gasteiger partial charge in [-0.05, 0) is 46.7 Å². The Labute approximate surface area is 140 Å². The monoisotopic (exact) mass is 407 g/mol. The molecule has 0 aliphatic rings. The first-order valence-electron chi connectivity index (χ1n) is 6.79. The van der Waals surface area contributed by atoms with E-state index in [-0.39, 0.29) is 12.2 Å². The second-order valence-electron chi connectivity index (χ2n) is 5.01. The quantitative estimate of drug-likeness (QED) is 0.678. The first-order chi connectivity index (χ1) is 10.6. The number of nitrogens with zero attached hydrogens (tertiary/aromatic N) is 2. The van der Waals surface area contributed by atoms with Crippen LogP contribution in [0.4, 0.5) is 0 Å². The van der Waals surface area contributed by atoms with Crippen molar-refractivity contribution in [2.24, 2.45) is 0 Å². The summed E-state index contributed by atoms with van der Waals surface area (Å²) in [5.74, 6) is 0. The fraction of sp³-hybridized carbons (Fsp3) is 0.125. The van der Waals surface area contributed by atoms with Crippen molar-refractivity contribution in [2.45, 2.75) is 13.5 Å². The second kappa shape index (κ2) is 5.96. The van der Waals surface area contributed by atoms with Gasteiger partial charge in [0.15, 0.2) is 0 Å². The third kappa shape index (κ3) is 2.66. The van der Waals surface area contributed by atoms with Crippen LogP contribution in [-0.4, -0.2) is 14.3 Å². The van der Waals surface area contributed by atoms with Crippen LogP contribution in [0.15, 0.2) is 58.1 Å². The van der Waals surface area contributed by atoms with E-state index in [2.05, 4.69) is 27.7 Å². The van der Waals surface area contributed by atoms with Gasteiger partial charge in [-0.2, -0.15) is 4.68 Å². The van der Waals surface area contributed by atoms with Gasteiger partial charge in [0.25, 0.3) is 0 Å². The Morgan fingerprint density at radius 1 is 1.05 bits per heavy atom. The lowest BCUT2D eigenvalue weighted by molar-refractivity contribution is 0.722. The van der Waals surface area contributed by atoms with Crippen molar-refractivity contribution in [3.63, 3.8) is 0 Å². The van der Waals surface area contributed by atoms with Crippen molar-refractivity contribution in [3.8, 4) is 5.69 Å². The van der Waals surface area contributed by atoms with E-state index >= 15 is 0 Å². The Bertz CT molecular complexity index is 923. The van der Waals surface area contributed by atoms with Gasteiger partial charge < -0.3 is 0 Å². The third-order valence-corrected chi connectivity index (χ3v) is 4.87. The number of hydrogen-bond donors (Lipinski definition) is 1. The molecule has 3 rings (SSSR count). The van der Waals surface area contributed by atoms with Gasteiger partial charge in [0.05, 0.1) is 12.2 Å². The van der Waals surface area contributed by atoms with Gasteiger partial charge >= 0.3 is 11.4 Å². The molecule has 1 aromatic heterocycles. The van der Waals surface area contributed by atoms with Crippen LogP contribution in [0.3, 0.4) is 0 Å². The number of nitrogens with one attached hydrogen (secondary N) is 1. The zero-order valence-corrected chi connectivity index (χ0v) is 14.1. The first kappa shape index (κ1) is 14.8. The molecule has 0 atom stereocenters. The third-order valence-electron chi connectivity index (χ3n) is 3.47. The van der Waals surface area contributed by atoms with Crippen LogP contribution in [0.1, 0.15) is 11.1 Å². The molecule has 0 bridgehead atoms. The smallest absolute Gasteiger partial charge is 0.246 e. The molecule has 22 heavy (non-hydrogen) atoms. The molecule has 0 radical (unpaired) electrons. The number of benzene rings is 2. The highest BCUT2D eigenvalue weighted by molar-refractivity contribution is 14.1. The molecule has 3 aromatic rings. The van der Waals surface area contributed by atoms with Crippen LogP contribution in [0.25, 0.3) is 5.69 Å². The van der Waals surface area contributed by atoms with Gasteiger partial charge in [-0.15, -0.1) is 0 Å². The molecular weight excluding hydrogens is 393 g/mol. The summed E-state index contributed by atoms with van der Waals surface area (Å²) in [5.41, 5.74) is 1.88. The summed E-state index contributed by atoms with van der Waals surface area (Å²) in [5, 5.41) is 2.62. The summed E-state index contributed by atoms with van der Waals surface area (Å²) in [7, 11) is 0. The Hall–Kier alpha value is -2.09. The molecule has 5 nitrogen and oxygen atoms in total. The van der Waals surface area contributed by atoms with E-state index in [9.17, 15) is 9.59 Å². The SMILES string of the molecule is Cc1cccc(-n2[nH]c(=O)n(Cc3ccccc3)c2=O)c1I. The maximum atomic E-state index is 12.5. The number of aromatic nitrogens is 3. The maximum absolute atomic E-state index is 12.5. The van der Waals surface area contributed by atoms with Crippen molar-refractivity contribution in [1.29, 1.82) is 0 Å². The van der Waals surface area contributed by atoms with E-state index in [1.165, 1.54) is 9.25 Å². The van der Waals surface area contributed by atoms with Crippen LogP contribution in [-0.2, 0) is 6.54 Å². The highest BCUT2D eigenvalue weighted by Gasteiger charge is 2.13. The molecule has 0 spiro atoms. The normalized spacial score (nSPS) is 10.8. The van der Waals surface area contributed by atoms with Crippen molar-refractivity contribution in [3.05, 3.63) is 84.2 Å². The van der Waals surface area contributed by atoms with Gasteiger partial charge in [0, 0.05) is 3.57 Å². The molecule has 112 valence electrons. The molecule has 0 saturated heterocycles. The minimum atomic E-state index is -0.411. The van der Waals surface area contributed by atoms with E-state index < -0.39 is 5.69 Å². The number of aryl methyl sites for hydroxylation is 1. The van der Waals surface area contributed by atoms with E-state index in [1.54, 1.807) is 0 Å². The number of hydrogen-bond acceptors (Lipinski definition) is 2. The highest BCUT2D eigenvalue weighted by atomic mass is 127. The molecule has 0 unspecified atom stereocenters. The van der Waals surface area contributed by atoms with Crippen molar-refractivity contribution in [2.75, 3.05) is 0 Å². The predicted molar refractivity (Wildman–Crippen MR) is 93.6 cm³/mol. The van der Waals surface area contributed by atoms with E-state index in [4.69, 9.17) is 0 Å². The second-order valence-corrected chi connectivity index (χ2v) is 6.09. The van der Waals surface area contributed by atoms with E-state index in [0.717, 1.165) is 14.7 Å². The zero-order chi connectivity index (χ0) is 15.7. The average molecular weight is 407 g/mol. The molecule has 0 aliphatic carbocycles. The largest absolute Gasteiger partial charge is 0.352 e. The number of rotatable bonds is 3. The molecule has 0 fully saturated rings. The molecule has 1 heterocycles. The summed E-state index contributed by atoms with van der Waals surface area (Å²) >= 11 is 2.18. The molecule has 0 amide bonds. The molecule has 0 saturated carbocycles. The summed E-state index contributed by atoms with van der Waals surface area (Å²) in [6, 6.07) is 15.1. The summed E-state index contributed by atoms with van der Waals surface area (Å²) < 4.78 is 3.45. The zero-order valence-electron chi connectivity index (χ0n) is 11.9. The standard InChI is InChI=1S/C16H14IN3O2/c1-11-6-5-9-13(14(11)17)20-16(22)19(15(21)18-20)10-12-7-3-2-4-8-12/h2-9H,10H2,1H3,(H,18,21). The Morgan fingerprint density at radius 3 is 2.50 bits per heavy atom. The highest BCUT2D eigenvalue weighted by Crippen LogP contribution is 2.18. The van der Waals surface area contributed by atoms with Crippen molar-refractivity contribution in [1.82, 2.24) is 14.3 Å². The van der Waals surface area contributed by atoms with Crippen LogP contribution in [0, 0.1) is 10.5 Å². The molecule has 1 N–H and O–H groups in total. The average Bonchev–Trinajstić information content (AvgIpc) is 2.79. The molecule has 6 heteroatoms. The van der Waals surface area contributed by atoms with Crippen molar-refractivity contribution >= 4 is 22.6 Å². The van der Waals surface area contributed by atoms with Crippen LogP contribution < -0.4 is 11.4 Å². The lowest BCUT2D eigenvalue weighted by Gasteiger charge is -2.06. The number of H-pyrrole nitrogens is 1. The molecule has 2 aromatic carbocycles. The fourth-order valence-electron chi connectivity index (χ4n) is 2.28. The topological polar surface area (TPSA) is 59.8 Å². The Balaban J connectivity index is 2.10. The fourth-order valence-corrected chi connectivity index (χ4v) is 2.89. The van der Waals surface area contributed by atoms with Crippen molar-refractivity contribution < 1.29 is 0 Å². The Morgan fingerprint density at radius 2 is 1.77 bits per heavy atom. The van der Waals surface area contributed by atoms with Gasteiger partial charge in [-0.25, -0.2) is 19.3 Å². The maximum Gasteiger partial charge on any atom is 0.352 e. The lowest BCUT2D eigenvalue weighted by Crippen LogP contribution is -2.29. The summed E-state index contributed by atoms with van der Waals surface area (Å²) in [6.07, 6.45) is 0. The Kier molecular flexibility index (Phi) is 4.02. The van der Waals surface area contributed by atoms with E-state index in [1.807, 2.05) is 55.5 Å². The summed E-state index contributed by atoms with van der Waals surface area (Å²) in [4.78, 5) is 24.7. The molecular formula is C16H14IN3O2. The number of aromatic amines is 1. The first-order valence-corrected chi connectivity index (χ1v) is 7.87. The van der Waals surface area contributed by atoms with Gasteiger partial charge in [0.2, 0.25) is 0 Å². The minimum Gasteiger partial charge on any atom is -0.246 e.